The molecule has 1 saturated heterocycles. The molecule has 6 nitrogen and oxygen atoms in total. The van der Waals surface area contributed by atoms with E-state index >= 15 is 0 Å². The van der Waals surface area contributed by atoms with Gasteiger partial charge in [-0.25, -0.2) is 0 Å². The molecular weight excluding hydrogens is 423 g/mol. The summed E-state index contributed by atoms with van der Waals surface area (Å²) in [4.78, 5) is 27.3. The maximum Gasteiger partial charge on any atom is 0.292 e. The molecular formula is C22H26Cl2N4O2. The predicted molar refractivity (Wildman–Crippen MR) is 120 cm³/mol. The van der Waals surface area contributed by atoms with Gasteiger partial charge in [0.15, 0.2) is 0 Å². The number of nitrogens with one attached hydrogen (secondary N) is 1. The molecule has 1 amide bonds. The smallest absolute Gasteiger partial charge is 0.292 e. The van der Waals surface area contributed by atoms with Crippen molar-refractivity contribution >= 4 is 34.8 Å². The molecule has 0 radical (unpaired) electrons. The standard InChI is InChI=1S/C22H26Cl2N4O2/c23-16-6-8-18(9-7-16)28-22(30)20(24)19(14-25-28)27-12-10-17(11-13-27)26-21(29)15-4-2-1-3-5-15/h6-9,14-15,17H,1-5,10-13H2,(H,26,29). The van der Waals surface area contributed by atoms with Crippen molar-refractivity contribution in [2.75, 3.05) is 18.0 Å². The van der Waals surface area contributed by atoms with Gasteiger partial charge >= 0.3 is 0 Å². The Balaban J connectivity index is 1.39. The molecule has 2 aromatic rings. The summed E-state index contributed by atoms with van der Waals surface area (Å²) < 4.78 is 1.28. The quantitative estimate of drug-likeness (QED) is 0.760. The molecule has 2 aliphatic rings. The number of halogens is 2. The lowest BCUT2D eigenvalue weighted by molar-refractivity contribution is -0.126. The Morgan fingerprint density at radius 1 is 1.00 bits per heavy atom. The van der Waals surface area contributed by atoms with E-state index in [0.717, 1.165) is 51.6 Å². The zero-order chi connectivity index (χ0) is 21.1. The van der Waals surface area contributed by atoms with Crippen LogP contribution in [0.15, 0.2) is 35.3 Å². The number of benzene rings is 1. The van der Waals surface area contributed by atoms with Crippen molar-refractivity contribution in [3.05, 3.63) is 50.9 Å². The normalized spacial score (nSPS) is 18.4. The molecule has 1 N–H and O–H groups in total. The van der Waals surface area contributed by atoms with E-state index in [4.69, 9.17) is 23.2 Å². The first-order valence-corrected chi connectivity index (χ1v) is 11.4. The minimum absolute atomic E-state index is 0.157. The van der Waals surface area contributed by atoms with Gasteiger partial charge < -0.3 is 10.2 Å². The van der Waals surface area contributed by atoms with Crippen LogP contribution in [0.1, 0.15) is 44.9 Å². The van der Waals surface area contributed by atoms with Crippen LogP contribution >= 0.6 is 23.2 Å². The lowest BCUT2D eigenvalue weighted by Crippen LogP contribution is -2.47. The Hall–Kier alpha value is -2.05. The number of anilines is 1. The van der Waals surface area contributed by atoms with Crippen molar-refractivity contribution in [3.63, 3.8) is 0 Å². The molecule has 1 aliphatic heterocycles. The molecule has 0 bridgehead atoms. The molecule has 4 rings (SSSR count). The zero-order valence-corrected chi connectivity index (χ0v) is 18.3. The number of carbonyl (C=O) groups excluding carboxylic acids is 1. The fraction of sp³-hybridized carbons (Fsp3) is 0.500. The predicted octanol–water partition coefficient (Wildman–Crippen LogP) is 4.20. The van der Waals surface area contributed by atoms with Gasteiger partial charge in [-0.1, -0.05) is 42.5 Å². The largest absolute Gasteiger partial charge is 0.369 e. The minimum Gasteiger partial charge on any atom is -0.369 e. The Morgan fingerprint density at radius 3 is 2.33 bits per heavy atom. The first kappa shape index (κ1) is 21.2. The van der Waals surface area contributed by atoms with Gasteiger partial charge in [0.25, 0.3) is 5.56 Å². The number of rotatable bonds is 4. The fourth-order valence-electron chi connectivity index (χ4n) is 4.36. The maximum atomic E-state index is 12.8. The van der Waals surface area contributed by atoms with Crippen molar-refractivity contribution < 1.29 is 4.79 Å². The molecule has 0 unspecified atom stereocenters. The van der Waals surface area contributed by atoms with E-state index < -0.39 is 0 Å². The Kier molecular flexibility index (Phi) is 6.64. The third kappa shape index (κ3) is 4.65. The van der Waals surface area contributed by atoms with Crippen molar-refractivity contribution in [1.29, 1.82) is 0 Å². The first-order valence-electron chi connectivity index (χ1n) is 10.6. The molecule has 2 heterocycles. The van der Waals surface area contributed by atoms with E-state index in [1.807, 2.05) is 0 Å². The van der Waals surface area contributed by atoms with E-state index in [2.05, 4.69) is 15.3 Å². The number of piperidine rings is 1. The van der Waals surface area contributed by atoms with Crippen LogP contribution in [-0.2, 0) is 4.79 Å². The van der Waals surface area contributed by atoms with E-state index in [1.54, 1.807) is 30.5 Å². The molecule has 0 atom stereocenters. The van der Waals surface area contributed by atoms with Crippen LogP contribution in [0.2, 0.25) is 10.0 Å². The Bertz CT molecular complexity index is 947. The summed E-state index contributed by atoms with van der Waals surface area (Å²) in [6, 6.07) is 7.05. The number of carbonyl (C=O) groups is 1. The molecule has 160 valence electrons. The van der Waals surface area contributed by atoms with Gasteiger partial charge in [0.2, 0.25) is 5.91 Å². The van der Waals surface area contributed by atoms with Gasteiger partial charge in [-0.2, -0.15) is 9.78 Å². The van der Waals surface area contributed by atoms with Crippen molar-refractivity contribution in [3.8, 4) is 5.69 Å². The van der Waals surface area contributed by atoms with Crippen LogP contribution in [-0.4, -0.2) is 34.8 Å². The summed E-state index contributed by atoms with van der Waals surface area (Å²) in [5, 5.41) is 8.29. The van der Waals surface area contributed by atoms with Gasteiger partial charge in [0, 0.05) is 30.1 Å². The zero-order valence-electron chi connectivity index (χ0n) is 16.8. The van der Waals surface area contributed by atoms with Gasteiger partial charge in [-0.05, 0) is 49.9 Å². The van der Waals surface area contributed by atoms with E-state index in [-0.39, 0.29) is 28.4 Å². The van der Waals surface area contributed by atoms with Gasteiger partial charge in [0.1, 0.15) is 5.02 Å². The topological polar surface area (TPSA) is 67.2 Å². The van der Waals surface area contributed by atoms with Gasteiger partial charge in [0.05, 0.1) is 17.6 Å². The highest BCUT2D eigenvalue weighted by Gasteiger charge is 2.27. The highest BCUT2D eigenvalue weighted by atomic mass is 35.5. The highest BCUT2D eigenvalue weighted by molar-refractivity contribution is 6.33. The number of aromatic nitrogens is 2. The third-order valence-corrected chi connectivity index (χ3v) is 6.74. The first-order chi connectivity index (χ1) is 14.5. The molecule has 30 heavy (non-hydrogen) atoms. The van der Waals surface area contributed by atoms with Crippen LogP contribution in [0.5, 0.6) is 0 Å². The molecule has 1 aromatic carbocycles. The summed E-state index contributed by atoms with van der Waals surface area (Å²) in [6.45, 7) is 1.45. The van der Waals surface area contributed by atoms with Crippen LogP contribution in [0, 0.1) is 5.92 Å². The summed E-state index contributed by atoms with van der Waals surface area (Å²) in [6.07, 6.45) is 8.87. The lowest BCUT2D eigenvalue weighted by atomic mass is 9.88. The molecule has 0 spiro atoms. The highest BCUT2D eigenvalue weighted by Crippen LogP contribution is 2.27. The minimum atomic E-state index is -0.357. The summed E-state index contributed by atoms with van der Waals surface area (Å²) in [5.74, 6) is 0.384. The average Bonchev–Trinajstić information content (AvgIpc) is 2.78. The Morgan fingerprint density at radius 2 is 1.67 bits per heavy atom. The van der Waals surface area contributed by atoms with Crippen LogP contribution in [0.25, 0.3) is 5.69 Å². The number of amides is 1. The van der Waals surface area contributed by atoms with Crippen molar-refractivity contribution in [2.24, 2.45) is 5.92 Å². The summed E-state index contributed by atoms with van der Waals surface area (Å²) >= 11 is 12.3. The van der Waals surface area contributed by atoms with Gasteiger partial charge in [-0.3, -0.25) is 9.59 Å². The Labute approximate surface area is 186 Å². The fourth-order valence-corrected chi connectivity index (χ4v) is 4.73. The third-order valence-electron chi connectivity index (χ3n) is 6.13. The number of nitrogens with zero attached hydrogens (tertiary/aromatic N) is 3. The summed E-state index contributed by atoms with van der Waals surface area (Å²) in [7, 11) is 0. The second kappa shape index (κ2) is 9.40. The van der Waals surface area contributed by atoms with Crippen LogP contribution in [0.3, 0.4) is 0 Å². The van der Waals surface area contributed by atoms with Gasteiger partial charge in [-0.15, -0.1) is 0 Å². The van der Waals surface area contributed by atoms with E-state index in [9.17, 15) is 9.59 Å². The lowest BCUT2D eigenvalue weighted by Gasteiger charge is -2.35. The molecule has 2 fully saturated rings. The summed E-state index contributed by atoms with van der Waals surface area (Å²) in [5.41, 5.74) is 0.898. The monoisotopic (exact) mass is 448 g/mol. The second-order valence-corrected chi connectivity index (χ2v) is 8.96. The SMILES string of the molecule is O=C(NC1CCN(c2cnn(-c3ccc(Cl)cc3)c(=O)c2Cl)CC1)C1CCCCC1. The van der Waals surface area contributed by atoms with Crippen molar-refractivity contribution in [2.45, 2.75) is 51.0 Å². The molecule has 1 saturated carbocycles. The van der Waals surface area contributed by atoms with Crippen molar-refractivity contribution in [1.82, 2.24) is 15.1 Å². The molecule has 1 aliphatic carbocycles. The number of hydrogen-bond acceptors (Lipinski definition) is 4. The molecule has 8 heteroatoms. The maximum absolute atomic E-state index is 12.8. The molecule has 1 aromatic heterocycles. The van der Waals surface area contributed by atoms with E-state index in [0.29, 0.717) is 16.4 Å². The van der Waals surface area contributed by atoms with Crippen LogP contribution < -0.4 is 15.8 Å². The van der Waals surface area contributed by atoms with E-state index in [1.165, 1.54) is 11.1 Å². The number of hydrogen-bond donors (Lipinski definition) is 1. The second-order valence-electron chi connectivity index (χ2n) is 8.14. The average molecular weight is 449 g/mol. The van der Waals surface area contributed by atoms with Crippen LogP contribution in [0.4, 0.5) is 5.69 Å².